The molecule has 7 nitrogen and oxygen atoms in total. The van der Waals surface area contributed by atoms with Crippen LogP contribution in [0.4, 0.5) is 4.39 Å². The van der Waals surface area contributed by atoms with Crippen LogP contribution in [-0.4, -0.2) is 40.8 Å². The van der Waals surface area contributed by atoms with Gasteiger partial charge in [0.1, 0.15) is 22.5 Å². The van der Waals surface area contributed by atoms with Crippen LogP contribution in [0, 0.1) is 5.82 Å². The molecule has 9 heteroatoms. The number of aliphatic hydroxyl groups excluding tert-OH is 1. The Hall–Kier alpha value is -3.79. The molecule has 0 fully saturated rings. The molecule has 0 saturated carbocycles. The highest BCUT2D eigenvalue weighted by atomic mass is 32.2. The van der Waals surface area contributed by atoms with Gasteiger partial charge in [-0.3, -0.25) is 9.78 Å². The maximum Gasteiger partial charge on any atom is 0.270 e. The molecule has 2 aromatic carbocycles. The second-order valence-electron chi connectivity index (χ2n) is 11.0. The lowest BCUT2D eigenvalue weighted by Gasteiger charge is -2.30. The molecule has 1 aliphatic heterocycles. The summed E-state index contributed by atoms with van der Waals surface area (Å²) in [4.78, 5) is 22.3. The summed E-state index contributed by atoms with van der Waals surface area (Å²) in [6, 6.07) is 19.4. The molecule has 1 aliphatic rings. The monoisotopic (exact) mass is 572 g/mol. The molecule has 0 unspecified atom stereocenters. The number of nitrogens with zero attached hydrogens (tertiary/aromatic N) is 3. The van der Waals surface area contributed by atoms with Crippen molar-refractivity contribution in [2.75, 3.05) is 6.61 Å². The Kier molecular flexibility index (Phi) is 8.40. The van der Waals surface area contributed by atoms with Gasteiger partial charge in [-0.2, -0.15) is 0 Å². The Balaban J connectivity index is 1.60. The topological polar surface area (TPSA) is 95.4 Å². The number of hydrogen-bond donors (Lipinski definition) is 2. The zero-order valence-electron chi connectivity index (χ0n) is 23.3. The number of amides is 1. The SMILES string of the molecule is CC(C)(C)[S@](=O)N1Cc2cc(C(=O)NCc3ccccc3F)nc(-c3cccc(-c4ccncc4)c3)c2[C@@H]1CCO. The smallest absolute Gasteiger partial charge is 0.270 e. The Labute approximate surface area is 242 Å². The summed E-state index contributed by atoms with van der Waals surface area (Å²) in [6.07, 6.45) is 3.83. The molecule has 5 rings (SSSR count). The summed E-state index contributed by atoms with van der Waals surface area (Å²) in [7, 11) is -1.37. The Morgan fingerprint density at radius 1 is 1.05 bits per heavy atom. The van der Waals surface area contributed by atoms with Gasteiger partial charge in [-0.05, 0) is 74.2 Å². The quantitative estimate of drug-likeness (QED) is 0.287. The van der Waals surface area contributed by atoms with Crippen molar-refractivity contribution in [1.82, 2.24) is 19.6 Å². The van der Waals surface area contributed by atoms with E-state index in [0.717, 1.165) is 27.8 Å². The lowest BCUT2D eigenvalue weighted by molar-refractivity contribution is 0.0945. The van der Waals surface area contributed by atoms with Crippen molar-refractivity contribution >= 4 is 16.9 Å². The number of aliphatic hydroxyl groups is 1. The largest absolute Gasteiger partial charge is 0.396 e. The average Bonchev–Trinajstić information content (AvgIpc) is 3.34. The van der Waals surface area contributed by atoms with E-state index < -0.39 is 27.5 Å². The first-order valence-corrected chi connectivity index (χ1v) is 14.6. The van der Waals surface area contributed by atoms with E-state index in [1.165, 1.54) is 6.07 Å². The second kappa shape index (κ2) is 12.0. The molecule has 0 saturated heterocycles. The van der Waals surface area contributed by atoms with Gasteiger partial charge < -0.3 is 10.4 Å². The molecule has 3 heterocycles. The molecule has 4 aromatic rings. The molecular weight excluding hydrogens is 539 g/mol. The second-order valence-corrected chi connectivity index (χ2v) is 13.2. The van der Waals surface area contributed by atoms with E-state index in [-0.39, 0.29) is 24.9 Å². The van der Waals surface area contributed by atoms with Gasteiger partial charge in [0.15, 0.2) is 0 Å². The van der Waals surface area contributed by atoms with Crippen molar-refractivity contribution in [2.24, 2.45) is 0 Å². The fourth-order valence-electron chi connectivity index (χ4n) is 5.10. The molecule has 0 radical (unpaired) electrons. The first kappa shape index (κ1) is 28.7. The lowest BCUT2D eigenvalue weighted by Crippen LogP contribution is -2.36. The zero-order valence-corrected chi connectivity index (χ0v) is 24.1. The van der Waals surface area contributed by atoms with Gasteiger partial charge in [-0.25, -0.2) is 17.9 Å². The number of halogens is 1. The van der Waals surface area contributed by atoms with Crippen LogP contribution in [-0.2, 0) is 24.1 Å². The number of fused-ring (bicyclic) bond motifs is 1. The van der Waals surface area contributed by atoms with E-state index in [0.29, 0.717) is 24.2 Å². The van der Waals surface area contributed by atoms with Crippen molar-refractivity contribution in [3.05, 3.63) is 107 Å². The van der Waals surface area contributed by atoms with Crippen LogP contribution in [0.1, 0.15) is 60.4 Å². The maximum atomic E-state index is 14.2. The van der Waals surface area contributed by atoms with Crippen molar-refractivity contribution in [3.8, 4) is 22.4 Å². The highest BCUT2D eigenvalue weighted by Crippen LogP contribution is 2.44. The highest BCUT2D eigenvalue weighted by Gasteiger charge is 2.40. The molecule has 0 aliphatic carbocycles. The number of carbonyl (C=O) groups excluding carboxylic acids is 1. The maximum absolute atomic E-state index is 14.2. The van der Waals surface area contributed by atoms with Gasteiger partial charge in [-0.1, -0.05) is 36.4 Å². The third-order valence-electron chi connectivity index (χ3n) is 7.07. The molecular formula is C32H33FN4O3S. The summed E-state index contributed by atoms with van der Waals surface area (Å²) in [5, 5.41) is 12.8. The molecule has 2 aromatic heterocycles. The molecule has 2 N–H and O–H groups in total. The Morgan fingerprint density at radius 2 is 1.78 bits per heavy atom. The third kappa shape index (κ3) is 6.12. The average molecular weight is 573 g/mol. The summed E-state index contributed by atoms with van der Waals surface area (Å²) >= 11 is 0. The summed E-state index contributed by atoms with van der Waals surface area (Å²) in [5.74, 6) is -0.827. The van der Waals surface area contributed by atoms with Crippen LogP contribution in [0.25, 0.3) is 22.4 Å². The minimum atomic E-state index is -1.37. The van der Waals surface area contributed by atoms with Gasteiger partial charge >= 0.3 is 0 Å². The Bertz CT molecular complexity index is 1590. The predicted molar refractivity (Wildman–Crippen MR) is 158 cm³/mol. The minimum absolute atomic E-state index is 0.0183. The van der Waals surface area contributed by atoms with E-state index in [4.69, 9.17) is 4.98 Å². The third-order valence-corrected chi connectivity index (χ3v) is 8.93. The summed E-state index contributed by atoms with van der Waals surface area (Å²) < 4.78 is 29.2. The number of carbonyl (C=O) groups is 1. The van der Waals surface area contributed by atoms with Crippen LogP contribution in [0.15, 0.2) is 79.1 Å². The van der Waals surface area contributed by atoms with Crippen LogP contribution in [0.5, 0.6) is 0 Å². The van der Waals surface area contributed by atoms with E-state index in [1.807, 2.05) is 61.5 Å². The van der Waals surface area contributed by atoms with E-state index in [2.05, 4.69) is 10.3 Å². The highest BCUT2D eigenvalue weighted by molar-refractivity contribution is 7.84. The summed E-state index contributed by atoms with van der Waals surface area (Å²) in [6.45, 7) is 6.02. The van der Waals surface area contributed by atoms with Crippen molar-refractivity contribution < 1.29 is 18.5 Å². The van der Waals surface area contributed by atoms with E-state index >= 15 is 0 Å². The number of hydrogen-bond acceptors (Lipinski definition) is 5. The molecule has 0 bridgehead atoms. The van der Waals surface area contributed by atoms with Gasteiger partial charge in [0, 0.05) is 48.8 Å². The van der Waals surface area contributed by atoms with Gasteiger partial charge in [0.05, 0.1) is 16.5 Å². The minimum Gasteiger partial charge on any atom is -0.396 e. The van der Waals surface area contributed by atoms with Crippen molar-refractivity contribution in [3.63, 3.8) is 0 Å². The van der Waals surface area contributed by atoms with E-state index in [1.54, 1.807) is 36.7 Å². The Morgan fingerprint density at radius 3 is 2.49 bits per heavy atom. The van der Waals surface area contributed by atoms with Gasteiger partial charge in [0.2, 0.25) is 0 Å². The first-order chi connectivity index (χ1) is 19.7. The number of benzene rings is 2. The standard InChI is InChI=1S/C32H33FN4O3S/c1-32(2,3)41(40)37-20-25-18-27(31(39)35-19-24-7-4-5-10-26(24)33)36-30(29(25)28(37)13-16-38)23-9-6-8-22(17-23)21-11-14-34-15-12-21/h4-12,14-15,17-18,28,38H,13,16,19-20H2,1-3H3,(H,35,39)/t28-,41-/m0/s1. The molecule has 0 spiro atoms. The number of nitrogens with one attached hydrogen (secondary N) is 1. The van der Waals surface area contributed by atoms with Crippen molar-refractivity contribution in [1.29, 1.82) is 0 Å². The predicted octanol–water partition coefficient (Wildman–Crippen LogP) is 5.58. The van der Waals surface area contributed by atoms with Crippen molar-refractivity contribution in [2.45, 2.75) is 51.1 Å². The van der Waals surface area contributed by atoms with Crippen LogP contribution in [0.3, 0.4) is 0 Å². The van der Waals surface area contributed by atoms with Crippen LogP contribution < -0.4 is 5.32 Å². The molecule has 2 atom stereocenters. The first-order valence-electron chi connectivity index (χ1n) is 13.5. The fourth-order valence-corrected chi connectivity index (χ4v) is 6.51. The normalized spacial score (nSPS) is 15.9. The van der Waals surface area contributed by atoms with Gasteiger partial charge in [-0.15, -0.1) is 0 Å². The van der Waals surface area contributed by atoms with Crippen LogP contribution in [0.2, 0.25) is 0 Å². The summed E-state index contributed by atoms with van der Waals surface area (Å²) in [5.41, 5.74) is 5.59. The number of aromatic nitrogens is 2. The van der Waals surface area contributed by atoms with Gasteiger partial charge in [0.25, 0.3) is 5.91 Å². The van der Waals surface area contributed by atoms with Crippen LogP contribution >= 0.6 is 0 Å². The number of rotatable bonds is 8. The van der Waals surface area contributed by atoms with E-state index in [9.17, 15) is 18.5 Å². The fraction of sp³-hybridized carbons (Fsp3) is 0.281. The molecule has 212 valence electrons. The molecule has 41 heavy (non-hydrogen) atoms. The molecule has 1 amide bonds. The zero-order chi connectivity index (χ0) is 29.1. The number of pyridine rings is 2. The lowest BCUT2D eigenvalue weighted by atomic mass is 9.94.